The highest BCUT2D eigenvalue weighted by molar-refractivity contribution is 7.91. The van der Waals surface area contributed by atoms with Crippen LogP contribution < -0.4 is 4.74 Å². The van der Waals surface area contributed by atoms with Gasteiger partial charge in [0.2, 0.25) is 5.76 Å². The van der Waals surface area contributed by atoms with E-state index in [4.69, 9.17) is 13.9 Å². The number of hydrogen-bond donors (Lipinski definition) is 0. The van der Waals surface area contributed by atoms with E-state index in [-0.39, 0.29) is 29.2 Å². The first-order valence-electron chi connectivity index (χ1n) is 10.4. The summed E-state index contributed by atoms with van der Waals surface area (Å²) in [6, 6.07) is 4.89. The molecule has 0 radical (unpaired) electrons. The molecule has 1 amide bonds. The first-order chi connectivity index (χ1) is 14.6. The molecule has 1 aromatic heterocycles. The van der Waals surface area contributed by atoms with Gasteiger partial charge in [-0.05, 0) is 44.4 Å². The van der Waals surface area contributed by atoms with E-state index < -0.39 is 28.3 Å². The predicted molar refractivity (Wildman–Crippen MR) is 116 cm³/mol. The number of aryl methyl sites for hydroxylation is 1. The van der Waals surface area contributed by atoms with Gasteiger partial charge < -0.3 is 18.8 Å². The van der Waals surface area contributed by atoms with Crippen molar-refractivity contribution in [2.75, 3.05) is 31.3 Å². The summed E-state index contributed by atoms with van der Waals surface area (Å²) in [6.45, 7) is 7.98. The smallest absolute Gasteiger partial charge is 0.375 e. The molecular weight excluding hydrogens is 422 g/mol. The van der Waals surface area contributed by atoms with Gasteiger partial charge in [0.15, 0.2) is 16.4 Å². The third-order valence-electron chi connectivity index (χ3n) is 5.26. The monoisotopic (exact) mass is 451 g/mol. The molecule has 1 aromatic carbocycles. The highest BCUT2D eigenvalue weighted by Crippen LogP contribution is 2.29. The van der Waals surface area contributed by atoms with Crippen LogP contribution in [0, 0.1) is 12.8 Å². The van der Waals surface area contributed by atoms with Gasteiger partial charge in [0.05, 0.1) is 18.1 Å². The lowest BCUT2D eigenvalue weighted by Crippen LogP contribution is -2.45. The third kappa shape index (κ3) is 5.39. The Hall–Kier alpha value is -2.55. The Kier molecular flexibility index (Phi) is 6.93. The molecule has 0 N–H and O–H groups in total. The van der Waals surface area contributed by atoms with Crippen LogP contribution in [0.1, 0.15) is 43.3 Å². The molecule has 2 aromatic rings. The van der Waals surface area contributed by atoms with Crippen LogP contribution in [0.15, 0.2) is 22.6 Å². The molecule has 1 atom stereocenters. The van der Waals surface area contributed by atoms with Gasteiger partial charge >= 0.3 is 5.97 Å². The third-order valence-corrected chi connectivity index (χ3v) is 7.01. The van der Waals surface area contributed by atoms with Crippen LogP contribution in [0.5, 0.6) is 5.75 Å². The van der Waals surface area contributed by atoms with E-state index in [0.717, 1.165) is 5.39 Å². The van der Waals surface area contributed by atoms with Crippen LogP contribution in [-0.4, -0.2) is 62.5 Å². The molecule has 9 heteroatoms. The highest BCUT2D eigenvalue weighted by atomic mass is 32.2. The summed E-state index contributed by atoms with van der Waals surface area (Å²) in [6.07, 6.45) is 0.402. The minimum absolute atomic E-state index is 0.0373. The fourth-order valence-electron chi connectivity index (χ4n) is 3.80. The number of rotatable bonds is 8. The molecule has 1 unspecified atom stereocenters. The summed E-state index contributed by atoms with van der Waals surface area (Å²) in [5.74, 6) is -0.258. The Bertz CT molecular complexity index is 1070. The van der Waals surface area contributed by atoms with Crippen molar-refractivity contribution in [1.29, 1.82) is 0 Å². The summed E-state index contributed by atoms with van der Waals surface area (Å²) in [4.78, 5) is 26.9. The zero-order valence-electron chi connectivity index (χ0n) is 18.3. The summed E-state index contributed by atoms with van der Waals surface area (Å²) in [5.41, 5.74) is 1.13. The van der Waals surface area contributed by atoms with E-state index in [1.54, 1.807) is 25.1 Å². The predicted octanol–water partition coefficient (Wildman–Crippen LogP) is 2.97. The summed E-state index contributed by atoms with van der Waals surface area (Å²) in [7, 11) is -3.14. The molecule has 170 valence electrons. The number of amides is 1. The topological polar surface area (TPSA) is 103 Å². The number of esters is 1. The molecule has 1 aliphatic rings. The van der Waals surface area contributed by atoms with E-state index in [2.05, 4.69) is 0 Å². The van der Waals surface area contributed by atoms with Crippen molar-refractivity contribution in [3.8, 4) is 5.75 Å². The van der Waals surface area contributed by atoms with Crippen molar-refractivity contribution >= 4 is 32.7 Å². The maximum atomic E-state index is 12.8. The average molecular weight is 452 g/mol. The molecule has 0 saturated carbocycles. The van der Waals surface area contributed by atoms with E-state index in [9.17, 15) is 18.0 Å². The SMILES string of the molecule is CCOc1ccc2oc(C(=O)OCC(=O)N(CC(C)C)C3CCS(=O)(=O)C3)c(C)c2c1. The molecule has 31 heavy (non-hydrogen) atoms. The number of carbonyl (C=O) groups excluding carboxylic acids is 2. The van der Waals surface area contributed by atoms with Crippen LogP contribution in [0.25, 0.3) is 11.0 Å². The average Bonchev–Trinajstić information content (AvgIpc) is 3.23. The summed E-state index contributed by atoms with van der Waals surface area (Å²) < 4.78 is 40.1. The largest absolute Gasteiger partial charge is 0.494 e. The molecule has 0 bridgehead atoms. The van der Waals surface area contributed by atoms with Crippen molar-refractivity contribution in [3.63, 3.8) is 0 Å². The van der Waals surface area contributed by atoms with Crippen LogP contribution >= 0.6 is 0 Å². The molecule has 1 saturated heterocycles. The fraction of sp³-hybridized carbons (Fsp3) is 0.545. The van der Waals surface area contributed by atoms with Gasteiger partial charge in [0.1, 0.15) is 11.3 Å². The first kappa shape index (κ1) is 23.1. The summed E-state index contributed by atoms with van der Waals surface area (Å²) >= 11 is 0. The van der Waals surface area contributed by atoms with Gasteiger partial charge in [-0.1, -0.05) is 13.8 Å². The second-order valence-electron chi connectivity index (χ2n) is 8.22. The molecule has 3 rings (SSSR count). The maximum absolute atomic E-state index is 12.8. The molecule has 2 heterocycles. The Morgan fingerprint density at radius 3 is 2.65 bits per heavy atom. The van der Waals surface area contributed by atoms with Crippen molar-refractivity contribution in [1.82, 2.24) is 4.90 Å². The number of hydrogen-bond acceptors (Lipinski definition) is 7. The lowest BCUT2D eigenvalue weighted by atomic mass is 10.1. The van der Waals surface area contributed by atoms with Crippen molar-refractivity contribution in [2.45, 2.75) is 40.2 Å². The molecule has 1 aliphatic heterocycles. The Morgan fingerprint density at radius 2 is 2.03 bits per heavy atom. The van der Waals surface area contributed by atoms with Crippen molar-refractivity contribution in [2.24, 2.45) is 5.92 Å². The van der Waals surface area contributed by atoms with Crippen LogP contribution in [0.4, 0.5) is 0 Å². The zero-order chi connectivity index (χ0) is 22.8. The standard InChI is InChI=1S/C22H29NO7S/c1-5-28-17-6-7-19-18(10-17)15(4)21(30-19)22(25)29-12-20(24)23(11-14(2)3)16-8-9-31(26,27)13-16/h6-7,10,14,16H,5,8-9,11-13H2,1-4H3. The highest BCUT2D eigenvalue weighted by Gasteiger charge is 2.35. The second-order valence-corrected chi connectivity index (χ2v) is 10.4. The Morgan fingerprint density at radius 1 is 1.29 bits per heavy atom. The van der Waals surface area contributed by atoms with E-state index in [0.29, 0.717) is 36.5 Å². The quantitative estimate of drug-likeness (QED) is 0.569. The number of nitrogens with zero attached hydrogens (tertiary/aromatic N) is 1. The van der Waals surface area contributed by atoms with Gasteiger partial charge in [-0.3, -0.25) is 4.79 Å². The number of fused-ring (bicyclic) bond motifs is 1. The van der Waals surface area contributed by atoms with Gasteiger partial charge in [0.25, 0.3) is 5.91 Å². The molecular formula is C22H29NO7S. The number of carbonyl (C=O) groups is 2. The van der Waals surface area contributed by atoms with Gasteiger partial charge in [-0.2, -0.15) is 0 Å². The van der Waals surface area contributed by atoms with Crippen molar-refractivity contribution < 1.29 is 31.9 Å². The maximum Gasteiger partial charge on any atom is 0.375 e. The zero-order valence-corrected chi connectivity index (χ0v) is 19.2. The van der Waals surface area contributed by atoms with Crippen molar-refractivity contribution in [3.05, 3.63) is 29.5 Å². The molecule has 1 fully saturated rings. The van der Waals surface area contributed by atoms with Gasteiger partial charge in [-0.15, -0.1) is 0 Å². The summed E-state index contributed by atoms with van der Waals surface area (Å²) in [5, 5.41) is 0.738. The number of furan rings is 1. The van der Waals surface area contributed by atoms with Crippen LogP contribution in [0.3, 0.4) is 0 Å². The van der Waals surface area contributed by atoms with Crippen LogP contribution in [0.2, 0.25) is 0 Å². The molecule has 0 aliphatic carbocycles. The van der Waals surface area contributed by atoms with E-state index >= 15 is 0 Å². The lowest BCUT2D eigenvalue weighted by Gasteiger charge is -2.29. The molecule has 0 spiro atoms. The Balaban J connectivity index is 1.71. The minimum Gasteiger partial charge on any atom is -0.494 e. The minimum atomic E-state index is -3.14. The first-order valence-corrected chi connectivity index (χ1v) is 12.3. The van der Waals surface area contributed by atoms with E-state index in [1.807, 2.05) is 20.8 Å². The normalized spacial score (nSPS) is 17.8. The number of ether oxygens (including phenoxy) is 2. The number of benzene rings is 1. The lowest BCUT2D eigenvalue weighted by molar-refractivity contribution is -0.137. The van der Waals surface area contributed by atoms with Crippen LogP contribution in [-0.2, 0) is 19.4 Å². The van der Waals surface area contributed by atoms with E-state index in [1.165, 1.54) is 4.90 Å². The number of sulfone groups is 1. The molecule has 8 nitrogen and oxygen atoms in total. The second kappa shape index (κ2) is 9.30. The van der Waals surface area contributed by atoms with Gasteiger partial charge in [0, 0.05) is 23.5 Å². The fourth-order valence-corrected chi connectivity index (χ4v) is 5.53. The Labute approximate surface area is 182 Å². The van der Waals surface area contributed by atoms with Gasteiger partial charge in [-0.25, -0.2) is 13.2 Å².